The molecule has 1 fully saturated rings. The maximum absolute atomic E-state index is 10.5. The number of benzene rings is 1. The number of carbonyl (C=O) groups is 1. The second-order valence-corrected chi connectivity index (χ2v) is 9.12. The van der Waals surface area contributed by atoms with Gasteiger partial charge in [0.1, 0.15) is 12.4 Å². The number of carboxylic acids is 1. The summed E-state index contributed by atoms with van der Waals surface area (Å²) in [4.78, 5) is 10.5. The monoisotopic (exact) mass is 438 g/mol. The van der Waals surface area contributed by atoms with E-state index in [1.165, 1.54) is 11.8 Å². The van der Waals surface area contributed by atoms with Crippen molar-refractivity contribution in [2.45, 2.75) is 69.0 Å². The van der Waals surface area contributed by atoms with Gasteiger partial charge < -0.3 is 25.2 Å². The number of aliphatic hydroxyl groups is 3. The average Bonchev–Trinajstić information content (AvgIpc) is 2.97. The number of allylic oxidation sites excluding steroid dienone is 2. The van der Waals surface area contributed by atoms with Crippen molar-refractivity contribution in [3.63, 3.8) is 0 Å². The molecule has 0 bridgehead atoms. The van der Waals surface area contributed by atoms with Gasteiger partial charge in [0, 0.05) is 29.8 Å². The number of unbranched alkanes of at least 4 members (excludes halogenated alkanes) is 2. The summed E-state index contributed by atoms with van der Waals surface area (Å²) in [6, 6.07) is 7.66. The van der Waals surface area contributed by atoms with Gasteiger partial charge in [0.2, 0.25) is 0 Å². The highest BCUT2D eigenvalue weighted by Gasteiger charge is 2.41. The quantitative estimate of drug-likeness (QED) is 0.277. The van der Waals surface area contributed by atoms with Gasteiger partial charge in [-0.2, -0.15) is 11.8 Å². The van der Waals surface area contributed by atoms with Crippen LogP contribution in [-0.4, -0.2) is 62.3 Å². The summed E-state index contributed by atoms with van der Waals surface area (Å²) in [6.45, 7) is 2.14. The average molecular weight is 439 g/mol. The van der Waals surface area contributed by atoms with Crippen LogP contribution in [0, 0.1) is 12.8 Å². The van der Waals surface area contributed by atoms with Crippen LogP contribution >= 0.6 is 11.8 Å². The van der Waals surface area contributed by atoms with Gasteiger partial charge >= 0.3 is 5.97 Å². The first kappa shape index (κ1) is 24.7. The van der Waals surface area contributed by atoms with Crippen molar-refractivity contribution in [2.75, 3.05) is 12.4 Å². The Morgan fingerprint density at radius 3 is 2.73 bits per heavy atom. The fourth-order valence-electron chi connectivity index (χ4n) is 3.67. The smallest absolute Gasteiger partial charge is 0.303 e. The molecule has 0 heterocycles. The van der Waals surface area contributed by atoms with Crippen molar-refractivity contribution in [3.05, 3.63) is 42.0 Å². The lowest BCUT2D eigenvalue weighted by Gasteiger charge is -2.23. The first-order valence-electron chi connectivity index (χ1n) is 10.6. The number of ether oxygens (including phenoxy) is 1. The summed E-state index contributed by atoms with van der Waals surface area (Å²) in [5.41, 5.74) is 1.02. The highest BCUT2D eigenvalue weighted by molar-refractivity contribution is 8.00. The Labute approximate surface area is 183 Å². The molecule has 1 saturated carbocycles. The van der Waals surface area contributed by atoms with E-state index in [1.807, 2.05) is 43.3 Å². The van der Waals surface area contributed by atoms with Crippen LogP contribution in [0.15, 0.2) is 36.4 Å². The number of hydrogen-bond acceptors (Lipinski definition) is 6. The predicted octanol–water partition coefficient (Wildman–Crippen LogP) is 3.17. The van der Waals surface area contributed by atoms with Crippen molar-refractivity contribution >= 4 is 17.7 Å². The van der Waals surface area contributed by atoms with Crippen LogP contribution in [0.4, 0.5) is 0 Å². The molecule has 6 nitrogen and oxygen atoms in total. The zero-order valence-electron chi connectivity index (χ0n) is 17.5. The Kier molecular flexibility index (Phi) is 10.7. The van der Waals surface area contributed by atoms with E-state index >= 15 is 0 Å². The topological polar surface area (TPSA) is 107 Å². The zero-order chi connectivity index (χ0) is 21.9. The molecule has 0 amide bonds. The molecule has 1 aliphatic rings. The van der Waals surface area contributed by atoms with Crippen LogP contribution in [0.3, 0.4) is 0 Å². The third kappa shape index (κ3) is 8.30. The van der Waals surface area contributed by atoms with E-state index in [4.69, 9.17) is 9.84 Å². The SMILES string of the molecule is Cc1ccccc1OCC(O)CSC1C(O)CC(O)C1CC=CCCCCC(=O)O. The van der Waals surface area contributed by atoms with Gasteiger partial charge in [0.05, 0.1) is 18.3 Å². The first-order valence-corrected chi connectivity index (χ1v) is 11.6. The molecular weight excluding hydrogens is 404 g/mol. The minimum Gasteiger partial charge on any atom is -0.491 e. The maximum atomic E-state index is 10.5. The number of hydrogen-bond donors (Lipinski definition) is 4. The standard InChI is InChI=1S/C23H34O6S/c1-16-9-7-8-11-21(16)29-14-17(24)15-30-23-18(19(25)13-20(23)26)10-5-3-2-4-6-12-22(27)28/h3,5,7-9,11,17-20,23-26H,2,4,6,10,12-15H2,1H3,(H,27,28). The molecular formula is C23H34O6S. The summed E-state index contributed by atoms with van der Waals surface area (Å²) < 4.78 is 5.69. The number of aliphatic hydroxyl groups excluding tert-OH is 3. The Morgan fingerprint density at radius 1 is 1.23 bits per heavy atom. The lowest BCUT2D eigenvalue weighted by Crippen LogP contribution is -2.28. The molecule has 1 aromatic rings. The number of aliphatic carboxylic acids is 1. The van der Waals surface area contributed by atoms with E-state index in [2.05, 4.69) is 0 Å². The normalized spacial score (nSPS) is 24.9. The largest absolute Gasteiger partial charge is 0.491 e. The molecule has 0 radical (unpaired) electrons. The lowest BCUT2D eigenvalue weighted by molar-refractivity contribution is -0.137. The number of carboxylic acid groups (broad SMARTS) is 1. The van der Waals surface area contributed by atoms with Gasteiger partial charge in [-0.1, -0.05) is 30.4 Å². The minimum atomic E-state index is -0.770. The summed E-state index contributed by atoms with van der Waals surface area (Å²) in [6.07, 6.45) is 5.71. The van der Waals surface area contributed by atoms with Gasteiger partial charge in [0.25, 0.3) is 0 Å². The fraction of sp³-hybridized carbons (Fsp3) is 0.609. The Hall–Kier alpha value is -1.54. The molecule has 2 rings (SSSR count). The third-order valence-electron chi connectivity index (χ3n) is 5.37. The molecule has 1 aromatic carbocycles. The first-order chi connectivity index (χ1) is 14.4. The Morgan fingerprint density at radius 2 is 2.00 bits per heavy atom. The van der Waals surface area contributed by atoms with Gasteiger partial charge in [-0.25, -0.2) is 0 Å². The van der Waals surface area contributed by atoms with E-state index in [0.717, 1.165) is 24.2 Å². The molecule has 5 unspecified atom stereocenters. The van der Waals surface area contributed by atoms with Gasteiger partial charge in [-0.05, 0) is 44.2 Å². The van der Waals surface area contributed by atoms with Crippen LogP contribution in [0.25, 0.3) is 0 Å². The molecule has 0 saturated heterocycles. The lowest BCUT2D eigenvalue weighted by atomic mass is 10.0. The van der Waals surface area contributed by atoms with Gasteiger partial charge in [0.15, 0.2) is 0 Å². The second-order valence-electron chi connectivity index (χ2n) is 7.91. The van der Waals surface area contributed by atoms with E-state index in [9.17, 15) is 20.1 Å². The number of aryl methyl sites for hydroxylation is 1. The molecule has 168 valence electrons. The molecule has 4 N–H and O–H groups in total. The van der Waals surface area contributed by atoms with Crippen LogP contribution in [0.2, 0.25) is 0 Å². The van der Waals surface area contributed by atoms with E-state index < -0.39 is 24.3 Å². The molecule has 7 heteroatoms. The number of rotatable bonds is 13. The van der Waals surface area contributed by atoms with Crippen LogP contribution in [0.5, 0.6) is 5.75 Å². The second kappa shape index (κ2) is 13.0. The minimum absolute atomic E-state index is 0.0650. The molecule has 1 aliphatic carbocycles. The Bertz CT molecular complexity index is 679. The van der Waals surface area contributed by atoms with Crippen molar-refractivity contribution in [3.8, 4) is 5.75 Å². The van der Waals surface area contributed by atoms with Gasteiger partial charge in [-0.3, -0.25) is 4.79 Å². The van der Waals surface area contributed by atoms with Crippen LogP contribution in [-0.2, 0) is 4.79 Å². The predicted molar refractivity (Wildman–Crippen MR) is 119 cm³/mol. The van der Waals surface area contributed by atoms with Crippen molar-refractivity contribution in [1.29, 1.82) is 0 Å². The maximum Gasteiger partial charge on any atom is 0.303 e. The highest BCUT2D eigenvalue weighted by Crippen LogP contribution is 2.38. The van der Waals surface area contributed by atoms with Crippen molar-refractivity contribution in [2.24, 2.45) is 5.92 Å². The summed E-state index contributed by atoms with van der Waals surface area (Å²) >= 11 is 1.49. The van der Waals surface area contributed by atoms with E-state index in [-0.39, 0.29) is 24.2 Å². The van der Waals surface area contributed by atoms with E-state index in [0.29, 0.717) is 25.0 Å². The van der Waals surface area contributed by atoms with E-state index in [1.54, 1.807) is 0 Å². The molecule has 0 aliphatic heterocycles. The van der Waals surface area contributed by atoms with Crippen LogP contribution in [0.1, 0.15) is 44.1 Å². The highest BCUT2D eigenvalue weighted by atomic mass is 32.2. The number of para-hydroxylation sites is 1. The summed E-state index contributed by atoms with van der Waals surface area (Å²) in [5.74, 6) is 0.345. The Balaban J connectivity index is 1.74. The zero-order valence-corrected chi connectivity index (χ0v) is 18.3. The summed E-state index contributed by atoms with van der Waals surface area (Å²) in [7, 11) is 0. The summed E-state index contributed by atoms with van der Waals surface area (Å²) in [5, 5.41) is 39.5. The molecule has 5 atom stereocenters. The van der Waals surface area contributed by atoms with Crippen LogP contribution < -0.4 is 4.74 Å². The van der Waals surface area contributed by atoms with Crippen molar-refractivity contribution in [1.82, 2.24) is 0 Å². The molecule has 30 heavy (non-hydrogen) atoms. The fourth-order valence-corrected chi connectivity index (χ4v) is 5.08. The number of thioether (sulfide) groups is 1. The third-order valence-corrected chi connectivity index (χ3v) is 7.00. The van der Waals surface area contributed by atoms with Crippen molar-refractivity contribution < 1.29 is 30.0 Å². The van der Waals surface area contributed by atoms with Gasteiger partial charge in [-0.15, -0.1) is 0 Å². The molecule has 0 aromatic heterocycles. The molecule has 0 spiro atoms.